The van der Waals surface area contributed by atoms with E-state index >= 15 is 0 Å². The van der Waals surface area contributed by atoms with Gasteiger partial charge in [0.05, 0.1) is 17.8 Å². The van der Waals surface area contributed by atoms with Crippen molar-refractivity contribution in [3.63, 3.8) is 0 Å². The highest BCUT2D eigenvalue weighted by Gasteiger charge is 2.40. The molecule has 7 heteroatoms. The number of nitrogens with zero attached hydrogens (tertiary/aromatic N) is 3. The summed E-state index contributed by atoms with van der Waals surface area (Å²) in [7, 11) is 1.70. The van der Waals surface area contributed by atoms with Crippen molar-refractivity contribution < 1.29 is 9.13 Å². The number of rotatable bonds is 6. The van der Waals surface area contributed by atoms with Crippen molar-refractivity contribution in [2.45, 2.75) is 25.4 Å². The van der Waals surface area contributed by atoms with Crippen molar-refractivity contribution in [3.05, 3.63) is 71.0 Å². The molecule has 2 heterocycles. The van der Waals surface area contributed by atoms with Gasteiger partial charge in [-0.05, 0) is 72.7 Å². The molecule has 0 amide bonds. The second-order valence-corrected chi connectivity index (χ2v) is 9.21. The van der Waals surface area contributed by atoms with Crippen LogP contribution in [0.5, 0.6) is 5.75 Å². The Morgan fingerprint density at radius 3 is 2.44 bits per heavy atom. The van der Waals surface area contributed by atoms with Crippen LogP contribution in [0.2, 0.25) is 5.02 Å². The number of fused-ring (bicyclic) bond motifs is 1. The van der Waals surface area contributed by atoms with Crippen LogP contribution < -0.4 is 10.1 Å². The highest BCUT2D eigenvalue weighted by Crippen LogP contribution is 2.39. The monoisotopic (exact) mass is 452 g/mol. The van der Waals surface area contributed by atoms with E-state index < -0.39 is 0 Å². The van der Waals surface area contributed by atoms with E-state index in [1.807, 2.05) is 24.3 Å². The molecule has 0 radical (unpaired) electrons. The fourth-order valence-electron chi connectivity index (χ4n) is 5.09. The second-order valence-electron chi connectivity index (χ2n) is 8.80. The highest BCUT2D eigenvalue weighted by molar-refractivity contribution is 6.33. The summed E-state index contributed by atoms with van der Waals surface area (Å²) in [5.74, 6) is 2.73. The number of halogens is 2. The topological polar surface area (TPSA) is 50.3 Å². The SMILES string of the molecule is COc1ccc(CN2CC3CC(Nc4ccc(-c5cc(F)ccc5Cl)nn4)CC3C2)cc1. The molecule has 0 bridgehead atoms. The molecule has 32 heavy (non-hydrogen) atoms. The molecule has 3 aromatic rings. The van der Waals surface area contributed by atoms with Crippen molar-refractivity contribution in [3.8, 4) is 17.0 Å². The van der Waals surface area contributed by atoms with Crippen molar-refractivity contribution in [1.82, 2.24) is 15.1 Å². The number of hydrogen-bond acceptors (Lipinski definition) is 5. The van der Waals surface area contributed by atoms with Crippen LogP contribution in [0, 0.1) is 17.7 Å². The van der Waals surface area contributed by atoms with Gasteiger partial charge in [-0.2, -0.15) is 0 Å². The van der Waals surface area contributed by atoms with Gasteiger partial charge in [0.2, 0.25) is 0 Å². The van der Waals surface area contributed by atoms with E-state index in [0.717, 1.165) is 44.0 Å². The van der Waals surface area contributed by atoms with Crippen LogP contribution in [0.15, 0.2) is 54.6 Å². The zero-order valence-corrected chi connectivity index (χ0v) is 18.7. The molecule has 2 atom stereocenters. The molecular formula is C25H26ClFN4O. The molecule has 5 rings (SSSR count). The minimum absolute atomic E-state index is 0.341. The maximum atomic E-state index is 13.5. The molecular weight excluding hydrogens is 427 g/mol. The standard InChI is InChI=1S/C25H26ClFN4O/c1-32-21-5-2-16(3-6-21)13-31-14-17-10-20(11-18(17)15-31)28-25-9-8-24(29-30-25)22-12-19(27)4-7-23(22)26/h2-9,12,17-18,20H,10-11,13-15H2,1H3,(H,28,30). The van der Waals surface area contributed by atoms with Crippen LogP contribution in [0.3, 0.4) is 0 Å². The van der Waals surface area contributed by atoms with Crippen molar-refractivity contribution in [1.29, 1.82) is 0 Å². The molecule has 2 aromatic carbocycles. The first-order valence-corrected chi connectivity index (χ1v) is 11.4. The van der Waals surface area contributed by atoms with Gasteiger partial charge >= 0.3 is 0 Å². The van der Waals surface area contributed by atoms with E-state index in [0.29, 0.717) is 34.2 Å². The first kappa shape index (κ1) is 21.2. The van der Waals surface area contributed by atoms with E-state index in [9.17, 15) is 4.39 Å². The summed E-state index contributed by atoms with van der Waals surface area (Å²) in [5.41, 5.74) is 2.45. The van der Waals surface area contributed by atoms with Gasteiger partial charge in [0, 0.05) is 31.2 Å². The fraction of sp³-hybridized carbons (Fsp3) is 0.360. The number of anilines is 1. The van der Waals surface area contributed by atoms with Gasteiger partial charge in [-0.25, -0.2) is 4.39 Å². The molecule has 2 fully saturated rings. The molecule has 1 saturated heterocycles. The smallest absolute Gasteiger partial charge is 0.148 e. The molecule has 0 spiro atoms. The number of methoxy groups -OCH3 is 1. The second kappa shape index (κ2) is 9.04. The lowest BCUT2D eigenvalue weighted by atomic mass is 10.0. The minimum atomic E-state index is -0.341. The van der Waals surface area contributed by atoms with Crippen LogP contribution >= 0.6 is 11.6 Å². The number of aromatic nitrogens is 2. The summed E-state index contributed by atoms with van der Waals surface area (Å²) in [5, 5.41) is 12.6. The maximum Gasteiger partial charge on any atom is 0.148 e. The largest absolute Gasteiger partial charge is 0.497 e. The Labute approximate surface area is 192 Å². The first-order valence-electron chi connectivity index (χ1n) is 11.0. The molecule has 1 aliphatic carbocycles. The highest BCUT2D eigenvalue weighted by atomic mass is 35.5. The summed E-state index contributed by atoms with van der Waals surface area (Å²) >= 11 is 6.18. The van der Waals surface area contributed by atoms with E-state index in [4.69, 9.17) is 16.3 Å². The molecule has 1 aliphatic heterocycles. The van der Waals surface area contributed by atoms with Crippen molar-refractivity contribution in [2.24, 2.45) is 11.8 Å². The summed E-state index contributed by atoms with van der Waals surface area (Å²) in [6, 6.07) is 16.8. The van der Waals surface area contributed by atoms with Gasteiger partial charge in [-0.15, -0.1) is 10.2 Å². The molecule has 1 saturated carbocycles. The Morgan fingerprint density at radius 2 is 1.78 bits per heavy atom. The number of benzene rings is 2. The Morgan fingerprint density at radius 1 is 1.03 bits per heavy atom. The van der Waals surface area contributed by atoms with Gasteiger partial charge in [0.25, 0.3) is 0 Å². The molecule has 166 valence electrons. The number of hydrogen-bond donors (Lipinski definition) is 1. The van der Waals surface area contributed by atoms with E-state index in [-0.39, 0.29) is 5.82 Å². The molecule has 2 unspecified atom stereocenters. The Hall–Kier alpha value is -2.70. The molecule has 2 aliphatic rings. The van der Waals surface area contributed by atoms with Gasteiger partial charge < -0.3 is 10.1 Å². The summed E-state index contributed by atoms with van der Waals surface area (Å²) in [6.45, 7) is 3.26. The lowest BCUT2D eigenvalue weighted by Gasteiger charge is -2.20. The van der Waals surface area contributed by atoms with E-state index in [1.165, 1.54) is 23.8 Å². The maximum absolute atomic E-state index is 13.5. The fourth-order valence-corrected chi connectivity index (χ4v) is 5.30. The zero-order valence-electron chi connectivity index (χ0n) is 18.0. The van der Waals surface area contributed by atoms with E-state index in [1.54, 1.807) is 7.11 Å². The third kappa shape index (κ3) is 4.57. The van der Waals surface area contributed by atoms with Crippen LogP contribution in [-0.4, -0.2) is 41.3 Å². The quantitative estimate of drug-likeness (QED) is 0.552. The Bertz CT molecular complexity index is 1060. The predicted octanol–water partition coefficient (Wildman–Crippen LogP) is 5.27. The normalized spacial score (nSPS) is 22.7. The Balaban J connectivity index is 1.15. The summed E-state index contributed by atoms with van der Waals surface area (Å²) < 4.78 is 18.8. The average molecular weight is 453 g/mol. The minimum Gasteiger partial charge on any atom is -0.497 e. The summed E-state index contributed by atoms with van der Waals surface area (Å²) in [6.07, 6.45) is 2.28. The zero-order chi connectivity index (χ0) is 22.1. The van der Waals surface area contributed by atoms with Gasteiger partial charge in [-0.1, -0.05) is 23.7 Å². The first-order chi connectivity index (χ1) is 15.6. The van der Waals surface area contributed by atoms with Crippen molar-refractivity contribution >= 4 is 17.4 Å². The average Bonchev–Trinajstić information content (AvgIpc) is 3.34. The van der Waals surface area contributed by atoms with Crippen LogP contribution in [0.4, 0.5) is 10.2 Å². The van der Waals surface area contributed by atoms with Gasteiger partial charge in [0.1, 0.15) is 17.4 Å². The van der Waals surface area contributed by atoms with Gasteiger partial charge in [0.15, 0.2) is 0 Å². The third-order valence-electron chi connectivity index (χ3n) is 6.61. The molecule has 1 N–H and O–H groups in total. The van der Waals surface area contributed by atoms with Crippen LogP contribution in [0.1, 0.15) is 18.4 Å². The lowest BCUT2D eigenvalue weighted by molar-refractivity contribution is 0.301. The lowest BCUT2D eigenvalue weighted by Crippen LogP contribution is -2.25. The van der Waals surface area contributed by atoms with Crippen molar-refractivity contribution in [2.75, 3.05) is 25.5 Å². The third-order valence-corrected chi connectivity index (χ3v) is 6.94. The van der Waals surface area contributed by atoms with Crippen LogP contribution in [-0.2, 0) is 6.54 Å². The van der Waals surface area contributed by atoms with E-state index in [2.05, 4.69) is 32.5 Å². The molecule has 5 nitrogen and oxygen atoms in total. The number of nitrogens with one attached hydrogen (secondary N) is 1. The number of ether oxygens (including phenoxy) is 1. The number of likely N-dealkylation sites (tertiary alicyclic amines) is 1. The Kier molecular flexibility index (Phi) is 5.98. The molecule has 1 aromatic heterocycles. The van der Waals surface area contributed by atoms with Crippen LogP contribution in [0.25, 0.3) is 11.3 Å². The van der Waals surface area contributed by atoms with Gasteiger partial charge in [-0.3, -0.25) is 4.90 Å². The predicted molar refractivity (Wildman–Crippen MR) is 124 cm³/mol. The summed E-state index contributed by atoms with van der Waals surface area (Å²) in [4.78, 5) is 2.56.